The summed E-state index contributed by atoms with van der Waals surface area (Å²) in [5.41, 5.74) is 2.46. The van der Waals surface area contributed by atoms with Crippen LogP contribution >= 0.6 is 27.3 Å². The molecule has 0 saturated carbocycles. The number of carbonyl (C=O) groups is 1. The summed E-state index contributed by atoms with van der Waals surface area (Å²) in [5.74, 6) is 0.708. The van der Waals surface area contributed by atoms with Gasteiger partial charge in [-0.25, -0.2) is 0 Å². The molecule has 4 heterocycles. The van der Waals surface area contributed by atoms with Gasteiger partial charge in [-0.2, -0.15) is 0 Å². The number of rotatable bonds is 6. The number of aromatic nitrogens is 2. The smallest absolute Gasteiger partial charge is 0.268 e. The number of fused-ring (bicyclic) bond motifs is 1. The minimum atomic E-state index is -0.0277. The zero-order chi connectivity index (χ0) is 22.9. The molecular weight excluding hydrogens is 500 g/mol. The van der Waals surface area contributed by atoms with E-state index in [1.807, 2.05) is 53.1 Å². The van der Waals surface area contributed by atoms with E-state index in [1.165, 1.54) is 0 Å². The zero-order valence-electron chi connectivity index (χ0n) is 18.8. The fraction of sp³-hybridized carbons (Fsp3) is 0.360. The van der Waals surface area contributed by atoms with E-state index in [9.17, 15) is 4.79 Å². The van der Waals surface area contributed by atoms with Gasteiger partial charge in [-0.3, -0.25) is 4.79 Å². The second-order valence-corrected chi connectivity index (χ2v) is 11.3. The van der Waals surface area contributed by atoms with E-state index < -0.39 is 0 Å². The van der Waals surface area contributed by atoms with Gasteiger partial charge in [0.2, 0.25) is 0 Å². The fourth-order valence-electron chi connectivity index (χ4n) is 4.50. The molecule has 1 aromatic carbocycles. The Morgan fingerprint density at radius 2 is 2.00 bits per heavy atom. The highest BCUT2D eigenvalue weighted by molar-refractivity contribution is 9.11. The standard InChI is InChI=1S/C25H27BrN4O2S/c1-16(2)29-11-9-18(10-12-29)27-25(31)21-13-17-5-3-4-6-20(17)30(21)15-19-14-22(32-28-19)23-7-8-24(26)33-23/h3-8,13-14,16,18H,9-12,15H2,1-2H3,(H,27,31). The zero-order valence-corrected chi connectivity index (χ0v) is 21.2. The van der Waals surface area contributed by atoms with Crippen molar-refractivity contribution in [2.45, 2.75) is 45.3 Å². The van der Waals surface area contributed by atoms with Crippen LogP contribution in [-0.4, -0.2) is 45.7 Å². The Labute approximate surface area is 205 Å². The Kier molecular flexibility index (Phi) is 6.40. The van der Waals surface area contributed by atoms with Crippen LogP contribution in [0.1, 0.15) is 42.9 Å². The molecule has 3 aromatic heterocycles. The van der Waals surface area contributed by atoms with Crippen molar-refractivity contribution in [3.63, 3.8) is 0 Å². The fourth-order valence-corrected chi connectivity index (χ4v) is 5.83. The van der Waals surface area contributed by atoms with Crippen molar-refractivity contribution < 1.29 is 9.32 Å². The van der Waals surface area contributed by atoms with Crippen molar-refractivity contribution in [3.05, 3.63) is 63.7 Å². The van der Waals surface area contributed by atoms with E-state index in [0.717, 1.165) is 57.0 Å². The first-order valence-corrected chi connectivity index (χ1v) is 12.9. The van der Waals surface area contributed by atoms with Gasteiger partial charge in [-0.05, 0) is 66.9 Å². The highest BCUT2D eigenvalue weighted by atomic mass is 79.9. The van der Waals surface area contributed by atoms with Crippen LogP contribution in [0.2, 0.25) is 0 Å². The molecule has 1 fully saturated rings. The normalized spacial score (nSPS) is 15.5. The first kappa shape index (κ1) is 22.4. The van der Waals surface area contributed by atoms with E-state index in [0.29, 0.717) is 18.3 Å². The summed E-state index contributed by atoms with van der Waals surface area (Å²) in [4.78, 5) is 16.8. The molecule has 0 unspecified atom stereocenters. The molecule has 0 spiro atoms. The van der Waals surface area contributed by atoms with Gasteiger partial charge in [0.25, 0.3) is 5.91 Å². The van der Waals surface area contributed by atoms with Crippen LogP contribution in [0, 0.1) is 0 Å². The maximum absolute atomic E-state index is 13.3. The number of carbonyl (C=O) groups excluding carboxylic acids is 1. The number of piperidine rings is 1. The molecule has 1 N–H and O–H groups in total. The molecule has 0 aliphatic carbocycles. The monoisotopic (exact) mass is 526 g/mol. The Hall–Kier alpha value is -2.42. The second kappa shape index (κ2) is 9.44. The summed E-state index contributed by atoms with van der Waals surface area (Å²) >= 11 is 5.10. The van der Waals surface area contributed by atoms with Crippen molar-refractivity contribution in [1.29, 1.82) is 0 Å². The number of amides is 1. The number of hydrogen-bond acceptors (Lipinski definition) is 5. The van der Waals surface area contributed by atoms with E-state index in [-0.39, 0.29) is 11.9 Å². The minimum absolute atomic E-state index is 0.0277. The molecular formula is C25H27BrN4O2S. The summed E-state index contributed by atoms with van der Waals surface area (Å²) in [7, 11) is 0. The van der Waals surface area contributed by atoms with Crippen molar-refractivity contribution in [2.75, 3.05) is 13.1 Å². The number of halogens is 1. The number of likely N-dealkylation sites (tertiary alicyclic amines) is 1. The van der Waals surface area contributed by atoms with Crippen LogP contribution in [-0.2, 0) is 6.54 Å². The SMILES string of the molecule is CC(C)N1CCC(NC(=O)c2cc3ccccc3n2Cc2cc(-c3ccc(Br)s3)on2)CC1. The summed E-state index contributed by atoms with van der Waals surface area (Å²) in [6.45, 7) is 6.96. The van der Waals surface area contributed by atoms with Crippen molar-refractivity contribution in [3.8, 4) is 10.6 Å². The lowest BCUT2D eigenvalue weighted by Gasteiger charge is -2.34. The molecule has 1 amide bonds. The third-order valence-electron chi connectivity index (χ3n) is 6.33. The third kappa shape index (κ3) is 4.78. The Morgan fingerprint density at radius 3 is 2.73 bits per heavy atom. The van der Waals surface area contributed by atoms with Gasteiger partial charge in [0.1, 0.15) is 11.4 Å². The van der Waals surface area contributed by atoms with Gasteiger partial charge in [-0.1, -0.05) is 23.4 Å². The maximum atomic E-state index is 13.3. The van der Waals surface area contributed by atoms with Gasteiger partial charge in [0, 0.05) is 42.1 Å². The van der Waals surface area contributed by atoms with Crippen LogP contribution in [0.3, 0.4) is 0 Å². The third-order valence-corrected chi connectivity index (χ3v) is 7.97. The molecule has 4 aromatic rings. The predicted molar refractivity (Wildman–Crippen MR) is 136 cm³/mol. The van der Waals surface area contributed by atoms with Gasteiger partial charge in [0.15, 0.2) is 5.76 Å². The largest absolute Gasteiger partial charge is 0.355 e. The molecule has 172 valence electrons. The summed E-state index contributed by atoms with van der Waals surface area (Å²) < 4.78 is 8.68. The number of hydrogen-bond donors (Lipinski definition) is 1. The van der Waals surface area contributed by atoms with Gasteiger partial charge in [0.05, 0.1) is 15.2 Å². The van der Waals surface area contributed by atoms with Crippen molar-refractivity contribution in [1.82, 2.24) is 19.9 Å². The number of benzene rings is 1. The van der Waals surface area contributed by atoms with Crippen molar-refractivity contribution >= 4 is 44.1 Å². The summed E-state index contributed by atoms with van der Waals surface area (Å²) in [6.07, 6.45) is 1.96. The molecule has 8 heteroatoms. The number of para-hydroxylation sites is 1. The molecule has 0 atom stereocenters. The van der Waals surface area contributed by atoms with Crippen LogP contribution < -0.4 is 5.32 Å². The molecule has 33 heavy (non-hydrogen) atoms. The first-order valence-electron chi connectivity index (χ1n) is 11.3. The highest BCUT2D eigenvalue weighted by Crippen LogP contribution is 2.32. The molecule has 5 rings (SSSR count). The maximum Gasteiger partial charge on any atom is 0.268 e. The summed E-state index contributed by atoms with van der Waals surface area (Å²) in [6, 6.07) is 16.8. The Morgan fingerprint density at radius 1 is 1.21 bits per heavy atom. The number of nitrogens with zero attached hydrogens (tertiary/aromatic N) is 3. The van der Waals surface area contributed by atoms with E-state index in [4.69, 9.17) is 4.52 Å². The van der Waals surface area contributed by atoms with E-state index in [1.54, 1.807) is 11.3 Å². The topological polar surface area (TPSA) is 63.3 Å². The molecule has 1 aliphatic rings. The van der Waals surface area contributed by atoms with Crippen LogP contribution in [0.15, 0.2) is 56.8 Å². The number of nitrogens with one attached hydrogen (secondary N) is 1. The second-order valence-electron chi connectivity index (χ2n) is 8.84. The molecule has 1 aliphatic heterocycles. The van der Waals surface area contributed by atoms with Crippen LogP contribution in [0.5, 0.6) is 0 Å². The lowest BCUT2D eigenvalue weighted by Crippen LogP contribution is -2.46. The van der Waals surface area contributed by atoms with Gasteiger partial charge >= 0.3 is 0 Å². The Balaban J connectivity index is 1.38. The molecule has 6 nitrogen and oxygen atoms in total. The first-order chi connectivity index (χ1) is 16.0. The highest BCUT2D eigenvalue weighted by Gasteiger charge is 2.24. The number of thiophene rings is 1. The van der Waals surface area contributed by atoms with Crippen LogP contribution in [0.4, 0.5) is 0 Å². The van der Waals surface area contributed by atoms with Crippen LogP contribution in [0.25, 0.3) is 21.5 Å². The lowest BCUT2D eigenvalue weighted by atomic mass is 10.0. The average molecular weight is 527 g/mol. The minimum Gasteiger partial charge on any atom is -0.355 e. The molecule has 1 saturated heterocycles. The van der Waals surface area contributed by atoms with Gasteiger partial charge < -0.3 is 19.3 Å². The molecule has 0 radical (unpaired) electrons. The average Bonchev–Trinajstić information content (AvgIpc) is 3.53. The van der Waals surface area contributed by atoms with Crippen molar-refractivity contribution in [2.24, 2.45) is 0 Å². The lowest BCUT2D eigenvalue weighted by molar-refractivity contribution is 0.0892. The quantitative estimate of drug-likeness (QED) is 0.346. The summed E-state index contributed by atoms with van der Waals surface area (Å²) in [5, 5.41) is 8.61. The Bertz CT molecular complexity index is 1270. The molecule has 0 bridgehead atoms. The van der Waals surface area contributed by atoms with Gasteiger partial charge in [-0.15, -0.1) is 11.3 Å². The van der Waals surface area contributed by atoms with E-state index >= 15 is 0 Å². The van der Waals surface area contributed by atoms with E-state index in [2.05, 4.69) is 45.2 Å². The predicted octanol–water partition coefficient (Wildman–Crippen LogP) is 5.77.